The lowest BCUT2D eigenvalue weighted by molar-refractivity contribution is -0.148. The summed E-state index contributed by atoms with van der Waals surface area (Å²) in [5.41, 5.74) is 7.03. The Morgan fingerprint density at radius 1 is 1.04 bits per heavy atom. The summed E-state index contributed by atoms with van der Waals surface area (Å²) in [6, 6.07) is 11.1. The average Bonchev–Trinajstić information content (AvgIpc) is 2.66. The SMILES string of the molecule is NC(=O)[C@@H](Cc1ccc2ccccc2n1)NC(=O)C12CC3CC(CC(C3)C1)C2. The molecular weight excluding hydrogens is 350 g/mol. The number of carbonyl (C=O) groups excluding carboxylic acids is 2. The van der Waals surface area contributed by atoms with Gasteiger partial charge >= 0.3 is 0 Å². The van der Waals surface area contributed by atoms with E-state index < -0.39 is 11.9 Å². The highest BCUT2D eigenvalue weighted by molar-refractivity contribution is 5.90. The predicted molar refractivity (Wildman–Crippen MR) is 107 cm³/mol. The first-order valence-electron chi connectivity index (χ1n) is 10.5. The second-order valence-electron chi connectivity index (χ2n) is 9.33. The monoisotopic (exact) mass is 377 g/mol. The van der Waals surface area contributed by atoms with Gasteiger partial charge < -0.3 is 11.1 Å². The van der Waals surface area contributed by atoms with Crippen molar-refractivity contribution in [3.63, 3.8) is 0 Å². The minimum Gasteiger partial charge on any atom is -0.368 e. The van der Waals surface area contributed by atoms with E-state index in [0.29, 0.717) is 24.2 Å². The van der Waals surface area contributed by atoms with E-state index in [1.165, 1.54) is 19.3 Å². The number of carbonyl (C=O) groups is 2. The Bertz CT molecular complexity index is 903. The molecule has 5 heteroatoms. The molecule has 0 aliphatic heterocycles. The molecule has 6 rings (SSSR count). The van der Waals surface area contributed by atoms with Crippen LogP contribution < -0.4 is 11.1 Å². The zero-order chi connectivity index (χ0) is 19.3. The fourth-order valence-electron chi connectivity index (χ4n) is 6.35. The van der Waals surface area contributed by atoms with Crippen molar-refractivity contribution >= 4 is 22.7 Å². The number of amides is 2. The lowest BCUT2D eigenvalue weighted by Crippen LogP contribution is -2.57. The van der Waals surface area contributed by atoms with Crippen LogP contribution in [-0.2, 0) is 16.0 Å². The number of rotatable bonds is 5. The number of primary amides is 1. The molecule has 1 aromatic carbocycles. The summed E-state index contributed by atoms with van der Waals surface area (Å²) in [5.74, 6) is 1.60. The molecule has 4 aliphatic carbocycles. The lowest BCUT2D eigenvalue weighted by atomic mass is 9.49. The highest BCUT2D eigenvalue weighted by Crippen LogP contribution is 2.60. The van der Waals surface area contributed by atoms with Gasteiger partial charge in [-0.05, 0) is 68.4 Å². The van der Waals surface area contributed by atoms with Gasteiger partial charge in [-0.2, -0.15) is 0 Å². The molecule has 1 atom stereocenters. The fourth-order valence-corrected chi connectivity index (χ4v) is 6.35. The number of benzene rings is 1. The van der Waals surface area contributed by atoms with E-state index in [0.717, 1.165) is 35.9 Å². The Kier molecular flexibility index (Phi) is 4.14. The molecule has 4 bridgehead atoms. The normalized spacial score (nSPS) is 31.6. The second kappa shape index (κ2) is 6.57. The van der Waals surface area contributed by atoms with Crippen molar-refractivity contribution in [2.24, 2.45) is 28.9 Å². The number of hydrogen-bond acceptors (Lipinski definition) is 3. The van der Waals surface area contributed by atoms with Crippen molar-refractivity contribution in [3.8, 4) is 0 Å². The molecule has 1 aromatic heterocycles. The maximum absolute atomic E-state index is 13.3. The Morgan fingerprint density at radius 2 is 1.68 bits per heavy atom. The van der Waals surface area contributed by atoms with Gasteiger partial charge in [0.05, 0.1) is 5.52 Å². The van der Waals surface area contributed by atoms with Gasteiger partial charge in [0.15, 0.2) is 0 Å². The quantitative estimate of drug-likeness (QED) is 0.840. The molecule has 0 radical (unpaired) electrons. The van der Waals surface area contributed by atoms with Crippen LogP contribution in [0.3, 0.4) is 0 Å². The lowest BCUT2D eigenvalue weighted by Gasteiger charge is -2.55. The van der Waals surface area contributed by atoms with E-state index in [1.54, 1.807) is 0 Å². The highest BCUT2D eigenvalue weighted by atomic mass is 16.2. The number of para-hydroxylation sites is 1. The molecule has 5 nitrogen and oxygen atoms in total. The molecule has 28 heavy (non-hydrogen) atoms. The van der Waals surface area contributed by atoms with Crippen LogP contribution in [0.5, 0.6) is 0 Å². The van der Waals surface area contributed by atoms with E-state index in [9.17, 15) is 9.59 Å². The Labute approximate surface area is 165 Å². The summed E-state index contributed by atoms with van der Waals surface area (Å²) in [4.78, 5) is 30.0. The summed E-state index contributed by atoms with van der Waals surface area (Å²) >= 11 is 0. The largest absolute Gasteiger partial charge is 0.368 e. The van der Waals surface area contributed by atoms with Crippen LogP contribution in [0, 0.1) is 23.2 Å². The van der Waals surface area contributed by atoms with Crippen molar-refractivity contribution in [1.29, 1.82) is 0 Å². The van der Waals surface area contributed by atoms with Gasteiger partial charge in [0.2, 0.25) is 11.8 Å². The van der Waals surface area contributed by atoms with Gasteiger partial charge in [-0.3, -0.25) is 14.6 Å². The Hall–Kier alpha value is -2.43. The molecular formula is C23H27N3O2. The van der Waals surface area contributed by atoms with Gasteiger partial charge in [-0.15, -0.1) is 0 Å². The third-order valence-corrected chi connectivity index (χ3v) is 7.24. The van der Waals surface area contributed by atoms with E-state index in [1.807, 2.05) is 36.4 Å². The summed E-state index contributed by atoms with van der Waals surface area (Å²) in [6.07, 6.45) is 7.12. The zero-order valence-corrected chi connectivity index (χ0v) is 16.1. The van der Waals surface area contributed by atoms with Gasteiger partial charge in [0.25, 0.3) is 0 Å². The topological polar surface area (TPSA) is 85.1 Å². The number of nitrogens with two attached hydrogens (primary N) is 1. The molecule has 4 fully saturated rings. The summed E-state index contributed by atoms with van der Waals surface area (Å²) in [6.45, 7) is 0. The number of fused-ring (bicyclic) bond motifs is 1. The van der Waals surface area contributed by atoms with Gasteiger partial charge in [-0.1, -0.05) is 24.3 Å². The van der Waals surface area contributed by atoms with E-state index in [4.69, 9.17) is 5.73 Å². The van der Waals surface area contributed by atoms with Gasteiger partial charge in [-0.25, -0.2) is 0 Å². The first-order chi connectivity index (χ1) is 13.5. The molecule has 0 spiro atoms. The minimum absolute atomic E-state index is 0.0381. The van der Waals surface area contributed by atoms with Crippen LogP contribution in [0.2, 0.25) is 0 Å². The third kappa shape index (κ3) is 3.07. The summed E-state index contributed by atoms with van der Waals surface area (Å²) in [5, 5.41) is 4.07. The van der Waals surface area contributed by atoms with E-state index >= 15 is 0 Å². The molecule has 1 heterocycles. The average molecular weight is 377 g/mol. The molecule has 4 aliphatic rings. The third-order valence-electron chi connectivity index (χ3n) is 7.24. The molecule has 0 saturated heterocycles. The van der Waals surface area contributed by atoms with Gasteiger partial charge in [0.1, 0.15) is 6.04 Å². The Balaban J connectivity index is 1.34. The highest BCUT2D eigenvalue weighted by Gasteiger charge is 2.54. The van der Waals surface area contributed by atoms with Crippen LogP contribution in [0.25, 0.3) is 10.9 Å². The maximum atomic E-state index is 13.3. The molecule has 4 saturated carbocycles. The van der Waals surface area contributed by atoms with E-state index in [-0.39, 0.29) is 11.3 Å². The van der Waals surface area contributed by atoms with Crippen LogP contribution in [-0.4, -0.2) is 22.8 Å². The van der Waals surface area contributed by atoms with Crippen molar-refractivity contribution in [2.75, 3.05) is 0 Å². The molecule has 2 amide bonds. The Morgan fingerprint density at radius 3 is 2.32 bits per heavy atom. The smallest absolute Gasteiger partial charge is 0.240 e. The van der Waals surface area contributed by atoms with Crippen molar-refractivity contribution in [3.05, 3.63) is 42.1 Å². The van der Waals surface area contributed by atoms with Crippen molar-refractivity contribution in [2.45, 2.75) is 51.0 Å². The number of pyridine rings is 1. The van der Waals surface area contributed by atoms with Crippen LogP contribution in [0.4, 0.5) is 0 Å². The fraction of sp³-hybridized carbons (Fsp3) is 0.522. The maximum Gasteiger partial charge on any atom is 0.240 e. The molecule has 3 N–H and O–H groups in total. The summed E-state index contributed by atoms with van der Waals surface area (Å²) < 4.78 is 0. The van der Waals surface area contributed by atoms with E-state index in [2.05, 4.69) is 10.3 Å². The first-order valence-corrected chi connectivity index (χ1v) is 10.5. The van der Waals surface area contributed by atoms with Crippen molar-refractivity contribution in [1.82, 2.24) is 10.3 Å². The molecule has 146 valence electrons. The standard InChI is InChI=1S/C23H27N3O2/c24-21(27)20(10-18-6-5-17-3-1-2-4-19(17)25-18)26-22(28)23-11-14-7-15(12-23)9-16(8-14)13-23/h1-6,14-16,20H,7-13H2,(H2,24,27)(H,26,28)/t14?,15?,16?,20-,23?/m1/s1. The number of nitrogens with zero attached hydrogens (tertiary/aromatic N) is 1. The number of hydrogen-bond donors (Lipinski definition) is 2. The number of aromatic nitrogens is 1. The molecule has 2 aromatic rings. The zero-order valence-electron chi connectivity index (χ0n) is 16.1. The predicted octanol–water partition coefficient (Wildman–Crippen LogP) is 2.96. The van der Waals surface area contributed by atoms with Crippen LogP contribution in [0.1, 0.15) is 44.2 Å². The number of nitrogens with one attached hydrogen (secondary N) is 1. The molecule has 0 unspecified atom stereocenters. The van der Waals surface area contributed by atoms with Gasteiger partial charge in [0, 0.05) is 22.9 Å². The second-order valence-corrected chi connectivity index (χ2v) is 9.33. The minimum atomic E-state index is -0.714. The van der Waals surface area contributed by atoms with Crippen molar-refractivity contribution < 1.29 is 9.59 Å². The summed E-state index contributed by atoms with van der Waals surface area (Å²) in [7, 11) is 0. The first kappa shape index (κ1) is 17.7. The van der Waals surface area contributed by atoms with Crippen LogP contribution in [0.15, 0.2) is 36.4 Å². The van der Waals surface area contributed by atoms with Crippen LogP contribution >= 0.6 is 0 Å².